The van der Waals surface area contributed by atoms with E-state index in [0.29, 0.717) is 5.02 Å². The summed E-state index contributed by atoms with van der Waals surface area (Å²) in [5, 5.41) is 0.605. The van der Waals surface area contributed by atoms with E-state index in [9.17, 15) is 0 Å². The van der Waals surface area contributed by atoms with E-state index >= 15 is 0 Å². The molecule has 0 aliphatic heterocycles. The molecule has 0 aliphatic carbocycles. The fraction of sp³-hybridized carbons (Fsp3) is 0.143. The van der Waals surface area contributed by atoms with Gasteiger partial charge in [-0.2, -0.15) is 0 Å². The first-order valence-electron chi connectivity index (χ1n) is 5.40. The van der Waals surface area contributed by atoms with Crippen LogP contribution in [0, 0.1) is 0 Å². The molecule has 2 aromatic rings. The van der Waals surface area contributed by atoms with E-state index in [1.165, 1.54) is 5.56 Å². The highest BCUT2D eigenvalue weighted by atomic mass is 79.9. The summed E-state index contributed by atoms with van der Waals surface area (Å²) in [6.45, 7) is 0. The SMILES string of the molecule is Clc1ccc(Br)c(C(Cl)Cc2ccc(Br)cc2)c1. The van der Waals surface area contributed by atoms with Gasteiger partial charge in [0.1, 0.15) is 0 Å². The number of hydrogen-bond donors (Lipinski definition) is 0. The number of rotatable bonds is 3. The lowest BCUT2D eigenvalue weighted by Crippen LogP contribution is -1.97. The van der Waals surface area contributed by atoms with Crippen molar-refractivity contribution in [1.29, 1.82) is 0 Å². The molecule has 4 heteroatoms. The second-order valence-corrected chi connectivity index (χ2v) is 6.70. The minimum Gasteiger partial charge on any atom is -0.117 e. The van der Waals surface area contributed by atoms with E-state index in [4.69, 9.17) is 23.2 Å². The van der Waals surface area contributed by atoms with Crippen molar-refractivity contribution in [3.8, 4) is 0 Å². The lowest BCUT2D eigenvalue weighted by Gasteiger charge is -2.12. The second kappa shape index (κ2) is 6.42. The standard InChI is InChI=1S/C14H10Br2Cl2/c15-10-3-1-9(2-4-10)7-14(18)12-8-11(17)5-6-13(12)16/h1-6,8,14H,7H2. The highest BCUT2D eigenvalue weighted by molar-refractivity contribution is 9.10. The zero-order chi connectivity index (χ0) is 13.1. The zero-order valence-electron chi connectivity index (χ0n) is 9.34. The topological polar surface area (TPSA) is 0 Å². The lowest BCUT2D eigenvalue weighted by atomic mass is 10.0. The molecule has 0 fully saturated rings. The minimum absolute atomic E-state index is 0.0979. The van der Waals surface area contributed by atoms with Crippen LogP contribution in [0.5, 0.6) is 0 Å². The van der Waals surface area contributed by atoms with E-state index in [-0.39, 0.29) is 5.38 Å². The summed E-state index contributed by atoms with van der Waals surface area (Å²) in [5.41, 5.74) is 2.22. The van der Waals surface area contributed by atoms with Crippen LogP contribution >= 0.6 is 55.1 Å². The first-order valence-corrected chi connectivity index (χ1v) is 7.80. The van der Waals surface area contributed by atoms with Crippen molar-refractivity contribution in [2.24, 2.45) is 0 Å². The monoisotopic (exact) mass is 406 g/mol. The summed E-state index contributed by atoms with van der Waals surface area (Å²) in [4.78, 5) is 0. The normalized spacial score (nSPS) is 12.4. The Labute approximate surface area is 134 Å². The maximum Gasteiger partial charge on any atom is 0.0637 e. The Morgan fingerprint density at radius 1 is 1.00 bits per heavy atom. The predicted molar refractivity (Wildman–Crippen MR) is 85.6 cm³/mol. The fourth-order valence-electron chi connectivity index (χ4n) is 1.69. The van der Waals surface area contributed by atoms with Gasteiger partial charge in [-0.25, -0.2) is 0 Å². The maximum absolute atomic E-state index is 6.46. The molecule has 0 radical (unpaired) electrons. The van der Waals surface area contributed by atoms with Crippen LogP contribution < -0.4 is 0 Å². The van der Waals surface area contributed by atoms with Gasteiger partial charge in [0.2, 0.25) is 0 Å². The van der Waals surface area contributed by atoms with Gasteiger partial charge >= 0.3 is 0 Å². The zero-order valence-corrected chi connectivity index (χ0v) is 14.0. The molecular weight excluding hydrogens is 399 g/mol. The smallest absolute Gasteiger partial charge is 0.0637 e. The molecule has 0 spiro atoms. The number of halogens is 4. The average molecular weight is 409 g/mol. The molecular formula is C14H10Br2Cl2. The number of alkyl halides is 1. The molecule has 0 aromatic heterocycles. The molecule has 0 bridgehead atoms. The van der Waals surface area contributed by atoms with Crippen molar-refractivity contribution < 1.29 is 0 Å². The van der Waals surface area contributed by atoms with E-state index in [1.54, 1.807) is 0 Å². The Morgan fingerprint density at radius 3 is 2.33 bits per heavy atom. The molecule has 1 unspecified atom stereocenters. The molecule has 0 aliphatic rings. The summed E-state index contributed by atoms with van der Waals surface area (Å²) in [7, 11) is 0. The molecule has 0 N–H and O–H groups in total. The Morgan fingerprint density at radius 2 is 1.67 bits per heavy atom. The summed E-state index contributed by atoms with van der Waals surface area (Å²) in [6, 6.07) is 13.9. The Hall–Kier alpha value is -0.0200. The second-order valence-electron chi connectivity index (χ2n) is 3.96. The van der Waals surface area contributed by atoms with Crippen LogP contribution in [0.1, 0.15) is 16.5 Å². The summed E-state index contributed by atoms with van der Waals surface area (Å²) < 4.78 is 2.06. The van der Waals surface area contributed by atoms with Crippen LogP contribution in [0.2, 0.25) is 5.02 Å². The third kappa shape index (κ3) is 3.74. The van der Waals surface area contributed by atoms with E-state index in [0.717, 1.165) is 20.9 Å². The Kier molecular flexibility index (Phi) is 5.14. The van der Waals surface area contributed by atoms with Crippen molar-refractivity contribution in [3.63, 3.8) is 0 Å². The summed E-state index contributed by atoms with van der Waals surface area (Å²) in [5.74, 6) is 0. The molecule has 2 aromatic carbocycles. The van der Waals surface area contributed by atoms with Gasteiger partial charge in [0.25, 0.3) is 0 Å². The van der Waals surface area contributed by atoms with Crippen LogP contribution in [0.25, 0.3) is 0 Å². The van der Waals surface area contributed by atoms with Gasteiger partial charge < -0.3 is 0 Å². The first-order chi connectivity index (χ1) is 8.56. The van der Waals surface area contributed by atoms with Crippen LogP contribution in [-0.2, 0) is 6.42 Å². The van der Waals surface area contributed by atoms with Crippen molar-refractivity contribution in [1.82, 2.24) is 0 Å². The fourth-order valence-corrected chi connectivity index (χ4v) is 3.15. The molecule has 0 saturated carbocycles. The van der Waals surface area contributed by atoms with Crippen LogP contribution in [-0.4, -0.2) is 0 Å². The quantitative estimate of drug-likeness (QED) is 0.516. The first kappa shape index (κ1) is 14.4. The molecule has 2 rings (SSSR count). The largest absolute Gasteiger partial charge is 0.117 e. The highest BCUT2D eigenvalue weighted by Crippen LogP contribution is 2.33. The van der Waals surface area contributed by atoms with Crippen molar-refractivity contribution in [3.05, 3.63) is 67.6 Å². The van der Waals surface area contributed by atoms with Gasteiger partial charge in [-0.15, -0.1) is 11.6 Å². The molecule has 18 heavy (non-hydrogen) atoms. The number of hydrogen-bond acceptors (Lipinski definition) is 0. The van der Waals surface area contributed by atoms with Gasteiger partial charge in [-0.3, -0.25) is 0 Å². The van der Waals surface area contributed by atoms with E-state index in [2.05, 4.69) is 44.0 Å². The average Bonchev–Trinajstić information content (AvgIpc) is 2.35. The molecule has 94 valence electrons. The van der Waals surface area contributed by atoms with E-state index < -0.39 is 0 Å². The lowest BCUT2D eigenvalue weighted by molar-refractivity contribution is 0.914. The third-order valence-electron chi connectivity index (χ3n) is 2.62. The molecule has 1 atom stereocenters. The molecule has 0 saturated heterocycles. The van der Waals surface area contributed by atoms with Crippen molar-refractivity contribution in [2.75, 3.05) is 0 Å². The van der Waals surface area contributed by atoms with Crippen molar-refractivity contribution in [2.45, 2.75) is 11.8 Å². The summed E-state index contributed by atoms with van der Waals surface area (Å²) >= 11 is 19.4. The third-order valence-corrected chi connectivity index (χ3v) is 4.50. The van der Waals surface area contributed by atoms with Gasteiger partial charge in [-0.05, 0) is 47.9 Å². The van der Waals surface area contributed by atoms with Gasteiger partial charge in [0.05, 0.1) is 5.38 Å². The predicted octanol–water partition coefficient (Wildman–Crippen LogP) is 6.39. The van der Waals surface area contributed by atoms with Gasteiger partial charge in [-0.1, -0.05) is 55.6 Å². The van der Waals surface area contributed by atoms with Gasteiger partial charge in [0, 0.05) is 14.0 Å². The molecule has 0 heterocycles. The summed E-state index contributed by atoms with van der Waals surface area (Å²) in [6.07, 6.45) is 0.772. The van der Waals surface area contributed by atoms with Crippen LogP contribution in [0.4, 0.5) is 0 Å². The maximum atomic E-state index is 6.46. The Bertz CT molecular complexity index is 538. The number of benzene rings is 2. The van der Waals surface area contributed by atoms with Gasteiger partial charge in [0.15, 0.2) is 0 Å². The van der Waals surface area contributed by atoms with Crippen molar-refractivity contribution >= 4 is 55.1 Å². The molecule has 0 amide bonds. The van der Waals surface area contributed by atoms with Crippen LogP contribution in [0.3, 0.4) is 0 Å². The molecule has 0 nitrogen and oxygen atoms in total. The Balaban J connectivity index is 2.18. The van der Waals surface area contributed by atoms with E-state index in [1.807, 2.05) is 30.3 Å². The highest BCUT2D eigenvalue weighted by Gasteiger charge is 2.13. The van der Waals surface area contributed by atoms with Crippen LogP contribution in [0.15, 0.2) is 51.4 Å². The minimum atomic E-state index is -0.0979.